The second-order valence-corrected chi connectivity index (χ2v) is 4.18. The van der Waals surface area contributed by atoms with Crippen LogP contribution in [0.5, 0.6) is 0 Å². The van der Waals surface area contributed by atoms with Gasteiger partial charge < -0.3 is 10.7 Å². The molecule has 1 aliphatic carbocycles. The number of aromatic amines is 1. The van der Waals surface area contributed by atoms with E-state index >= 15 is 0 Å². The van der Waals surface area contributed by atoms with E-state index in [-0.39, 0.29) is 6.04 Å². The number of nitrogens with one attached hydrogen (secondary N) is 1. The number of hydrogen-bond donors (Lipinski definition) is 2. The number of H-pyrrole nitrogens is 1. The normalized spacial score (nSPS) is 19.4. The first kappa shape index (κ1) is 9.54. The molecule has 3 rings (SSSR count). The van der Waals surface area contributed by atoms with Gasteiger partial charge in [0.2, 0.25) is 0 Å². The predicted molar refractivity (Wildman–Crippen MR) is 61.7 cm³/mol. The lowest BCUT2D eigenvalue weighted by Crippen LogP contribution is -2.19. The van der Waals surface area contributed by atoms with E-state index in [0.29, 0.717) is 0 Å². The molecule has 4 heteroatoms. The number of nitrogens with two attached hydrogens (primary N) is 1. The molecule has 0 spiro atoms. The second kappa shape index (κ2) is 3.72. The van der Waals surface area contributed by atoms with Crippen molar-refractivity contribution in [2.45, 2.75) is 25.3 Å². The SMILES string of the molecule is NC1CCCc2nc(-c3ccc[nH]3)ncc21. The molecule has 0 aromatic carbocycles. The molecule has 0 bridgehead atoms. The van der Waals surface area contributed by atoms with E-state index in [0.717, 1.165) is 42.0 Å². The maximum atomic E-state index is 6.03. The van der Waals surface area contributed by atoms with Gasteiger partial charge in [-0.3, -0.25) is 0 Å². The van der Waals surface area contributed by atoms with E-state index in [1.807, 2.05) is 24.5 Å². The Morgan fingerprint density at radius 1 is 1.44 bits per heavy atom. The van der Waals surface area contributed by atoms with Crippen molar-refractivity contribution < 1.29 is 0 Å². The van der Waals surface area contributed by atoms with Gasteiger partial charge in [0.05, 0.1) is 5.69 Å². The quantitative estimate of drug-likeness (QED) is 0.760. The smallest absolute Gasteiger partial charge is 0.176 e. The molecule has 0 fully saturated rings. The Bertz CT molecular complexity index is 490. The molecule has 82 valence electrons. The van der Waals surface area contributed by atoms with Crippen molar-refractivity contribution in [2.75, 3.05) is 0 Å². The van der Waals surface area contributed by atoms with Crippen LogP contribution in [0, 0.1) is 0 Å². The largest absolute Gasteiger partial charge is 0.359 e. The fourth-order valence-electron chi connectivity index (χ4n) is 2.18. The van der Waals surface area contributed by atoms with Crippen molar-refractivity contribution in [3.8, 4) is 11.5 Å². The fourth-order valence-corrected chi connectivity index (χ4v) is 2.18. The van der Waals surface area contributed by atoms with E-state index in [4.69, 9.17) is 5.73 Å². The third-order valence-electron chi connectivity index (χ3n) is 3.07. The van der Waals surface area contributed by atoms with Crippen molar-refractivity contribution in [1.29, 1.82) is 0 Å². The van der Waals surface area contributed by atoms with Gasteiger partial charge >= 0.3 is 0 Å². The highest BCUT2D eigenvalue weighted by Gasteiger charge is 2.19. The molecule has 0 radical (unpaired) electrons. The molecule has 16 heavy (non-hydrogen) atoms. The molecule has 4 nitrogen and oxygen atoms in total. The van der Waals surface area contributed by atoms with Crippen molar-refractivity contribution >= 4 is 0 Å². The zero-order valence-electron chi connectivity index (χ0n) is 8.98. The molecule has 2 heterocycles. The number of rotatable bonds is 1. The fraction of sp³-hybridized carbons (Fsp3) is 0.333. The Morgan fingerprint density at radius 2 is 2.38 bits per heavy atom. The van der Waals surface area contributed by atoms with E-state index in [1.54, 1.807) is 0 Å². The first-order chi connectivity index (χ1) is 7.84. The van der Waals surface area contributed by atoms with Crippen LogP contribution in [0.15, 0.2) is 24.5 Å². The summed E-state index contributed by atoms with van der Waals surface area (Å²) in [7, 11) is 0. The van der Waals surface area contributed by atoms with Gasteiger partial charge in [-0.15, -0.1) is 0 Å². The molecule has 0 saturated carbocycles. The van der Waals surface area contributed by atoms with Crippen LogP contribution in [0.3, 0.4) is 0 Å². The summed E-state index contributed by atoms with van der Waals surface area (Å²) in [5, 5.41) is 0. The molecule has 1 aliphatic rings. The Morgan fingerprint density at radius 3 is 3.19 bits per heavy atom. The summed E-state index contributed by atoms with van der Waals surface area (Å²) >= 11 is 0. The number of aryl methyl sites for hydroxylation is 1. The van der Waals surface area contributed by atoms with Crippen LogP contribution < -0.4 is 5.73 Å². The molecule has 2 aromatic rings. The van der Waals surface area contributed by atoms with E-state index in [9.17, 15) is 0 Å². The number of nitrogens with zero attached hydrogens (tertiary/aromatic N) is 2. The minimum atomic E-state index is 0.112. The zero-order valence-corrected chi connectivity index (χ0v) is 8.98. The lowest BCUT2D eigenvalue weighted by atomic mass is 9.93. The average Bonchev–Trinajstić information content (AvgIpc) is 2.82. The van der Waals surface area contributed by atoms with Gasteiger partial charge in [0.25, 0.3) is 0 Å². The Labute approximate surface area is 93.9 Å². The molecular weight excluding hydrogens is 200 g/mol. The summed E-state index contributed by atoms with van der Waals surface area (Å²) in [6, 6.07) is 4.04. The van der Waals surface area contributed by atoms with Crippen molar-refractivity contribution in [2.24, 2.45) is 5.73 Å². The number of fused-ring (bicyclic) bond motifs is 1. The summed E-state index contributed by atoms with van der Waals surface area (Å²) in [6.07, 6.45) is 6.93. The molecule has 0 saturated heterocycles. The maximum Gasteiger partial charge on any atom is 0.176 e. The topological polar surface area (TPSA) is 67.6 Å². The number of aromatic nitrogens is 3. The zero-order chi connectivity index (χ0) is 11.0. The van der Waals surface area contributed by atoms with Crippen LogP contribution in [0.2, 0.25) is 0 Å². The highest BCUT2D eigenvalue weighted by atomic mass is 14.9. The van der Waals surface area contributed by atoms with E-state index in [2.05, 4.69) is 15.0 Å². The number of hydrogen-bond acceptors (Lipinski definition) is 3. The van der Waals surface area contributed by atoms with Gasteiger partial charge in [0.1, 0.15) is 0 Å². The first-order valence-electron chi connectivity index (χ1n) is 5.60. The summed E-state index contributed by atoms with van der Waals surface area (Å²) in [4.78, 5) is 12.1. The van der Waals surface area contributed by atoms with E-state index < -0.39 is 0 Å². The van der Waals surface area contributed by atoms with Crippen LogP contribution in [0.25, 0.3) is 11.5 Å². The Hall–Kier alpha value is -1.68. The van der Waals surface area contributed by atoms with Gasteiger partial charge in [-0.25, -0.2) is 9.97 Å². The molecule has 3 N–H and O–H groups in total. The van der Waals surface area contributed by atoms with Crippen molar-refractivity contribution in [3.63, 3.8) is 0 Å². The van der Waals surface area contributed by atoms with Crippen LogP contribution >= 0.6 is 0 Å². The van der Waals surface area contributed by atoms with Crippen LogP contribution in [0.4, 0.5) is 0 Å². The second-order valence-electron chi connectivity index (χ2n) is 4.18. The standard InChI is InChI=1S/C12H14N4/c13-9-3-1-4-10-8(9)7-15-12(16-10)11-5-2-6-14-11/h2,5-7,9,14H,1,3-4,13H2. The van der Waals surface area contributed by atoms with Gasteiger partial charge in [0.15, 0.2) is 5.82 Å². The average molecular weight is 214 g/mol. The molecule has 1 unspecified atom stereocenters. The minimum absolute atomic E-state index is 0.112. The molecule has 0 aliphatic heterocycles. The van der Waals surface area contributed by atoms with Crippen LogP contribution in [-0.4, -0.2) is 15.0 Å². The molecular formula is C12H14N4. The highest BCUT2D eigenvalue weighted by molar-refractivity contribution is 5.49. The third-order valence-corrected chi connectivity index (χ3v) is 3.07. The maximum absolute atomic E-state index is 6.03. The lowest BCUT2D eigenvalue weighted by molar-refractivity contribution is 0.557. The third kappa shape index (κ3) is 1.51. The predicted octanol–water partition coefficient (Wildman–Crippen LogP) is 1.81. The van der Waals surface area contributed by atoms with Gasteiger partial charge in [-0.05, 0) is 31.4 Å². The van der Waals surface area contributed by atoms with E-state index in [1.165, 1.54) is 0 Å². The first-order valence-corrected chi connectivity index (χ1v) is 5.60. The van der Waals surface area contributed by atoms with Crippen LogP contribution in [-0.2, 0) is 6.42 Å². The van der Waals surface area contributed by atoms with Crippen molar-refractivity contribution in [3.05, 3.63) is 35.8 Å². The summed E-state index contributed by atoms with van der Waals surface area (Å²) < 4.78 is 0. The minimum Gasteiger partial charge on any atom is -0.359 e. The van der Waals surface area contributed by atoms with Crippen molar-refractivity contribution in [1.82, 2.24) is 15.0 Å². The monoisotopic (exact) mass is 214 g/mol. The Kier molecular flexibility index (Phi) is 2.22. The lowest BCUT2D eigenvalue weighted by Gasteiger charge is -2.20. The van der Waals surface area contributed by atoms with Gasteiger partial charge in [-0.2, -0.15) is 0 Å². The summed E-state index contributed by atoms with van der Waals surface area (Å²) in [5.41, 5.74) is 9.21. The molecule has 0 amide bonds. The molecule has 2 aromatic heterocycles. The highest BCUT2D eigenvalue weighted by Crippen LogP contribution is 2.27. The van der Waals surface area contributed by atoms with Crippen LogP contribution in [0.1, 0.15) is 30.1 Å². The van der Waals surface area contributed by atoms with Gasteiger partial charge in [-0.1, -0.05) is 0 Å². The summed E-state index contributed by atoms with van der Waals surface area (Å²) in [6.45, 7) is 0. The van der Waals surface area contributed by atoms with Gasteiger partial charge in [0, 0.05) is 29.7 Å². The summed E-state index contributed by atoms with van der Waals surface area (Å²) in [5.74, 6) is 0.762. The Balaban J connectivity index is 2.05. The molecule has 1 atom stereocenters.